The lowest BCUT2D eigenvalue weighted by molar-refractivity contribution is 1.73. The molecule has 0 saturated heterocycles. The van der Waals surface area contributed by atoms with Crippen molar-refractivity contribution in [2.75, 3.05) is 4.34 Å². The highest BCUT2D eigenvalue weighted by Gasteiger charge is 1.92. The monoisotopic (exact) mass is 221 g/mol. The van der Waals surface area contributed by atoms with Gasteiger partial charge >= 0.3 is 0 Å². The SMILES string of the molecule is BrNc1ccc2ccccc2c1. The summed E-state index contributed by atoms with van der Waals surface area (Å²) in [5.41, 5.74) is 1.08. The summed E-state index contributed by atoms with van der Waals surface area (Å²) in [4.78, 5) is 0. The standard InChI is InChI=1S/C10H8BrN/c11-12-10-6-5-8-3-1-2-4-9(8)7-10/h1-7,12H. The zero-order valence-electron chi connectivity index (χ0n) is 6.42. The lowest BCUT2D eigenvalue weighted by atomic mass is 10.1. The first kappa shape index (κ1) is 7.62. The molecule has 60 valence electrons. The molecule has 0 aliphatic rings. The second kappa shape index (κ2) is 3.15. The normalized spacial score (nSPS) is 10.1. The van der Waals surface area contributed by atoms with Gasteiger partial charge in [0.15, 0.2) is 0 Å². The van der Waals surface area contributed by atoms with Gasteiger partial charge in [-0.15, -0.1) is 0 Å². The Labute approximate surface area is 79.7 Å². The smallest absolute Gasteiger partial charge is 0.0465 e. The second-order valence-electron chi connectivity index (χ2n) is 2.66. The van der Waals surface area contributed by atoms with Gasteiger partial charge in [0.2, 0.25) is 0 Å². The molecule has 0 saturated carbocycles. The van der Waals surface area contributed by atoms with Crippen molar-refractivity contribution in [1.29, 1.82) is 0 Å². The quantitative estimate of drug-likeness (QED) is 0.727. The number of anilines is 1. The van der Waals surface area contributed by atoms with Crippen LogP contribution in [0.2, 0.25) is 0 Å². The van der Waals surface area contributed by atoms with E-state index in [1.54, 1.807) is 0 Å². The lowest BCUT2D eigenvalue weighted by Crippen LogP contribution is -1.78. The van der Waals surface area contributed by atoms with Crippen LogP contribution >= 0.6 is 16.1 Å². The fourth-order valence-corrected chi connectivity index (χ4v) is 1.49. The lowest BCUT2D eigenvalue weighted by Gasteiger charge is -2.00. The number of benzene rings is 2. The number of rotatable bonds is 1. The summed E-state index contributed by atoms with van der Waals surface area (Å²) in [5.74, 6) is 0. The molecule has 0 fully saturated rings. The van der Waals surface area contributed by atoms with Gasteiger partial charge in [-0.05, 0) is 22.9 Å². The molecule has 2 heteroatoms. The molecular weight excluding hydrogens is 214 g/mol. The van der Waals surface area contributed by atoms with Crippen LogP contribution in [0.1, 0.15) is 0 Å². The Morgan fingerprint density at radius 2 is 1.67 bits per heavy atom. The highest BCUT2D eigenvalue weighted by atomic mass is 79.9. The molecule has 0 radical (unpaired) electrons. The van der Waals surface area contributed by atoms with Crippen molar-refractivity contribution in [2.45, 2.75) is 0 Å². The van der Waals surface area contributed by atoms with Crippen molar-refractivity contribution in [3.05, 3.63) is 42.5 Å². The zero-order chi connectivity index (χ0) is 8.39. The predicted octanol–water partition coefficient (Wildman–Crippen LogP) is 3.56. The van der Waals surface area contributed by atoms with Crippen LogP contribution in [0.4, 0.5) is 5.69 Å². The van der Waals surface area contributed by atoms with E-state index in [-0.39, 0.29) is 0 Å². The first-order valence-corrected chi connectivity index (χ1v) is 4.55. The van der Waals surface area contributed by atoms with E-state index in [0.29, 0.717) is 0 Å². The number of hydrogen-bond donors (Lipinski definition) is 1. The predicted molar refractivity (Wildman–Crippen MR) is 56.5 cm³/mol. The minimum atomic E-state index is 1.08. The largest absolute Gasteiger partial charge is 0.322 e. The molecule has 2 aromatic carbocycles. The average Bonchev–Trinajstić information content (AvgIpc) is 2.17. The minimum absolute atomic E-state index is 1.08. The number of nitrogens with one attached hydrogen (secondary N) is 1. The fraction of sp³-hybridized carbons (Fsp3) is 0. The fourth-order valence-electron chi connectivity index (χ4n) is 1.25. The maximum Gasteiger partial charge on any atom is 0.0465 e. The first-order valence-electron chi connectivity index (χ1n) is 3.75. The summed E-state index contributed by atoms with van der Waals surface area (Å²) in [6.07, 6.45) is 0. The summed E-state index contributed by atoms with van der Waals surface area (Å²) in [5, 5.41) is 2.52. The minimum Gasteiger partial charge on any atom is -0.322 e. The summed E-state index contributed by atoms with van der Waals surface area (Å²) < 4.78 is 2.93. The Morgan fingerprint density at radius 1 is 0.917 bits per heavy atom. The third-order valence-corrected chi connectivity index (χ3v) is 2.32. The molecule has 0 aliphatic carbocycles. The first-order chi connectivity index (χ1) is 5.90. The Morgan fingerprint density at radius 3 is 2.42 bits per heavy atom. The average molecular weight is 222 g/mol. The van der Waals surface area contributed by atoms with Crippen molar-refractivity contribution in [2.24, 2.45) is 0 Å². The van der Waals surface area contributed by atoms with Crippen molar-refractivity contribution >= 4 is 32.6 Å². The van der Waals surface area contributed by atoms with Gasteiger partial charge in [0.05, 0.1) is 0 Å². The third-order valence-electron chi connectivity index (χ3n) is 1.86. The van der Waals surface area contributed by atoms with Crippen LogP contribution in [0.5, 0.6) is 0 Å². The van der Waals surface area contributed by atoms with Gasteiger partial charge in [0, 0.05) is 21.8 Å². The molecule has 0 unspecified atom stereocenters. The third kappa shape index (κ3) is 1.30. The van der Waals surface area contributed by atoms with Gasteiger partial charge < -0.3 is 4.34 Å². The van der Waals surface area contributed by atoms with Gasteiger partial charge in [0.25, 0.3) is 0 Å². The van der Waals surface area contributed by atoms with Crippen LogP contribution < -0.4 is 4.34 Å². The van der Waals surface area contributed by atoms with Gasteiger partial charge in [-0.1, -0.05) is 30.3 Å². The van der Waals surface area contributed by atoms with Gasteiger partial charge in [-0.2, -0.15) is 0 Å². The number of halogens is 1. The van der Waals surface area contributed by atoms with Crippen LogP contribution in [0.15, 0.2) is 42.5 Å². The van der Waals surface area contributed by atoms with Gasteiger partial charge in [-0.3, -0.25) is 0 Å². The topological polar surface area (TPSA) is 12.0 Å². The van der Waals surface area contributed by atoms with E-state index >= 15 is 0 Å². The Kier molecular flexibility index (Phi) is 2.00. The molecule has 0 atom stereocenters. The van der Waals surface area contributed by atoms with E-state index in [2.05, 4.69) is 44.8 Å². The number of hydrogen-bond acceptors (Lipinski definition) is 1. The van der Waals surface area contributed by atoms with E-state index in [0.717, 1.165) is 5.69 Å². The molecular formula is C10H8BrN. The Bertz CT molecular complexity index is 398. The van der Waals surface area contributed by atoms with Crippen molar-refractivity contribution in [1.82, 2.24) is 0 Å². The Hall–Kier alpha value is -1.02. The van der Waals surface area contributed by atoms with E-state index < -0.39 is 0 Å². The molecule has 0 heterocycles. The summed E-state index contributed by atoms with van der Waals surface area (Å²) >= 11 is 3.19. The van der Waals surface area contributed by atoms with Crippen molar-refractivity contribution < 1.29 is 0 Å². The maximum atomic E-state index is 3.19. The highest BCUT2D eigenvalue weighted by molar-refractivity contribution is 9.10. The molecule has 0 aliphatic heterocycles. The van der Waals surface area contributed by atoms with E-state index in [9.17, 15) is 0 Å². The van der Waals surface area contributed by atoms with Gasteiger partial charge in [0.1, 0.15) is 0 Å². The molecule has 0 bridgehead atoms. The molecule has 1 nitrogen and oxygen atoms in total. The highest BCUT2D eigenvalue weighted by Crippen LogP contribution is 2.19. The molecule has 0 amide bonds. The van der Waals surface area contributed by atoms with Crippen LogP contribution in [0, 0.1) is 0 Å². The molecule has 12 heavy (non-hydrogen) atoms. The molecule has 1 N–H and O–H groups in total. The van der Waals surface area contributed by atoms with E-state index in [4.69, 9.17) is 0 Å². The van der Waals surface area contributed by atoms with Crippen molar-refractivity contribution in [3.8, 4) is 0 Å². The van der Waals surface area contributed by atoms with E-state index in [1.165, 1.54) is 10.8 Å². The Balaban J connectivity index is 2.67. The summed E-state index contributed by atoms with van der Waals surface area (Å²) in [6.45, 7) is 0. The van der Waals surface area contributed by atoms with Crippen LogP contribution in [0.3, 0.4) is 0 Å². The van der Waals surface area contributed by atoms with Crippen molar-refractivity contribution in [3.63, 3.8) is 0 Å². The van der Waals surface area contributed by atoms with Gasteiger partial charge in [-0.25, -0.2) is 0 Å². The molecule has 2 aromatic rings. The summed E-state index contributed by atoms with van der Waals surface area (Å²) in [6, 6.07) is 14.5. The van der Waals surface area contributed by atoms with Crippen LogP contribution in [-0.4, -0.2) is 0 Å². The maximum absolute atomic E-state index is 3.19. The molecule has 2 rings (SSSR count). The summed E-state index contributed by atoms with van der Waals surface area (Å²) in [7, 11) is 0. The second-order valence-corrected chi connectivity index (χ2v) is 3.05. The van der Waals surface area contributed by atoms with E-state index in [1.807, 2.05) is 18.2 Å². The molecule has 0 spiro atoms. The number of fused-ring (bicyclic) bond motifs is 1. The van der Waals surface area contributed by atoms with Crippen LogP contribution in [-0.2, 0) is 0 Å². The van der Waals surface area contributed by atoms with Crippen LogP contribution in [0.25, 0.3) is 10.8 Å². The zero-order valence-corrected chi connectivity index (χ0v) is 8.01. The molecule has 0 aromatic heterocycles.